The first-order valence-corrected chi connectivity index (χ1v) is 7.20. The van der Waals surface area contributed by atoms with Gasteiger partial charge in [0.05, 0.1) is 17.1 Å². The second-order valence-corrected chi connectivity index (χ2v) is 5.78. The molecule has 2 rings (SSSR count). The number of carbonyl (C=O) groups is 1. The Balaban J connectivity index is 2.07. The first kappa shape index (κ1) is 14.2. The third-order valence-electron chi connectivity index (χ3n) is 2.41. The number of anilines is 1. The van der Waals surface area contributed by atoms with Crippen LogP contribution in [0.3, 0.4) is 0 Å². The van der Waals surface area contributed by atoms with Crippen molar-refractivity contribution in [3.05, 3.63) is 42.6 Å². The number of nitrogens with zero attached hydrogens (tertiary/aromatic N) is 1. The summed E-state index contributed by atoms with van der Waals surface area (Å²) in [4.78, 5) is 14.8. The second kappa shape index (κ2) is 5.85. The number of nitrogens with one attached hydrogen (secondary N) is 2. The Morgan fingerprint density at radius 3 is 2.55 bits per heavy atom. The van der Waals surface area contributed by atoms with Gasteiger partial charge in [0.1, 0.15) is 6.26 Å². The summed E-state index contributed by atoms with van der Waals surface area (Å²) in [6.45, 7) is 1.43. The van der Waals surface area contributed by atoms with Crippen LogP contribution in [0.15, 0.2) is 46.2 Å². The van der Waals surface area contributed by atoms with Crippen molar-refractivity contribution < 1.29 is 17.6 Å². The van der Waals surface area contributed by atoms with Crippen molar-refractivity contribution in [1.29, 1.82) is 0 Å². The Hall–Kier alpha value is -2.19. The smallest absolute Gasteiger partial charge is 0.240 e. The van der Waals surface area contributed by atoms with Crippen molar-refractivity contribution in [2.24, 2.45) is 0 Å². The topological polar surface area (TPSA) is 101 Å². The van der Waals surface area contributed by atoms with Gasteiger partial charge in [0.2, 0.25) is 15.9 Å². The molecule has 20 heavy (non-hydrogen) atoms. The summed E-state index contributed by atoms with van der Waals surface area (Å²) in [6, 6.07) is 5.87. The van der Waals surface area contributed by atoms with Gasteiger partial charge in [-0.1, -0.05) is 0 Å². The Morgan fingerprint density at radius 1 is 1.30 bits per heavy atom. The molecule has 0 saturated carbocycles. The molecule has 0 saturated heterocycles. The third kappa shape index (κ3) is 3.65. The van der Waals surface area contributed by atoms with E-state index in [4.69, 9.17) is 4.42 Å². The Morgan fingerprint density at radius 2 is 2.00 bits per heavy atom. The zero-order chi connectivity index (χ0) is 14.6. The molecule has 7 nitrogen and oxygen atoms in total. The minimum atomic E-state index is -3.63. The number of oxazole rings is 1. The lowest BCUT2D eigenvalue weighted by molar-refractivity contribution is -0.114. The summed E-state index contributed by atoms with van der Waals surface area (Å²) < 4.78 is 31.2. The highest BCUT2D eigenvalue weighted by atomic mass is 32.2. The van der Waals surface area contributed by atoms with E-state index < -0.39 is 10.0 Å². The monoisotopic (exact) mass is 295 g/mol. The summed E-state index contributed by atoms with van der Waals surface area (Å²) in [5.41, 5.74) is 1.02. The van der Waals surface area contributed by atoms with Crippen LogP contribution < -0.4 is 10.0 Å². The first-order valence-electron chi connectivity index (χ1n) is 5.72. The van der Waals surface area contributed by atoms with Gasteiger partial charge in [0.25, 0.3) is 0 Å². The molecule has 0 aliphatic rings. The molecule has 0 bridgehead atoms. The number of benzene rings is 1. The van der Waals surface area contributed by atoms with Gasteiger partial charge >= 0.3 is 0 Å². The van der Waals surface area contributed by atoms with Crippen LogP contribution in [-0.4, -0.2) is 19.3 Å². The van der Waals surface area contributed by atoms with Gasteiger partial charge in [-0.2, -0.15) is 0 Å². The van der Waals surface area contributed by atoms with E-state index in [1.807, 2.05) is 0 Å². The van der Waals surface area contributed by atoms with E-state index in [9.17, 15) is 13.2 Å². The maximum Gasteiger partial charge on any atom is 0.240 e. The first-order chi connectivity index (χ1) is 9.47. The third-order valence-corrected chi connectivity index (χ3v) is 3.83. The molecule has 1 amide bonds. The van der Waals surface area contributed by atoms with E-state index in [0.29, 0.717) is 11.4 Å². The zero-order valence-corrected chi connectivity index (χ0v) is 11.5. The highest BCUT2D eigenvalue weighted by molar-refractivity contribution is 7.89. The van der Waals surface area contributed by atoms with Gasteiger partial charge in [-0.15, -0.1) is 0 Å². The normalized spacial score (nSPS) is 11.2. The maximum absolute atomic E-state index is 12.0. The van der Waals surface area contributed by atoms with E-state index >= 15 is 0 Å². The van der Waals surface area contributed by atoms with Gasteiger partial charge < -0.3 is 9.73 Å². The van der Waals surface area contributed by atoms with Gasteiger partial charge in [0.15, 0.2) is 6.39 Å². The minimum Gasteiger partial charge on any atom is -0.451 e. The summed E-state index contributed by atoms with van der Waals surface area (Å²) in [5.74, 6) is -0.218. The molecule has 1 aromatic heterocycles. The molecule has 2 aromatic rings. The van der Waals surface area contributed by atoms with Gasteiger partial charge in [0, 0.05) is 12.6 Å². The highest BCUT2D eigenvalue weighted by Gasteiger charge is 2.14. The van der Waals surface area contributed by atoms with Crippen LogP contribution in [0.5, 0.6) is 0 Å². The Bertz CT molecular complexity index is 678. The van der Waals surface area contributed by atoms with Crippen molar-refractivity contribution in [1.82, 2.24) is 9.71 Å². The summed E-state index contributed by atoms with van der Waals surface area (Å²) in [7, 11) is -3.63. The lowest BCUT2D eigenvalue weighted by Crippen LogP contribution is -2.23. The van der Waals surface area contributed by atoms with E-state index in [1.54, 1.807) is 0 Å². The fourth-order valence-corrected chi connectivity index (χ4v) is 2.50. The van der Waals surface area contributed by atoms with Crippen molar-refractivity contribution in [2.75, 3.05) is 5.32 Å². The average Bonchev–Trinajstić information content (AvgIpc) is 2.89. The average molecular weight is 295 g/mol. The number of amides is 1. The van der Waals surface area contributed by atoms with Gasteiger partial charge in [-0.3, -0.25) is 4.79 Å². The quantitative estimate of drug-likeness (QED) is 0.860. The predicted molar refractivity (Wildman–Crippen MR) is 71.3 cm³/mol. The molecule has 0 fully saturated rings. The number of hydrogen-bond acceptors (Lipinski definition) is 5. The molecule has 8 heteroatoms. The van der Waals surface area contributed by atoms with Crippen LogP contribution in [-0.2, 0) is 21.4 Å². The lowest BCUT2D eigenvalue weighted by atomic mass is 10.3. The van der Waals surface area contributed by atoms with Crippen molar-refractivity contribution in [3.63, 3.8) is 0 Å². The molecule has 0 radical (unpaired) electrons. The molecule has 1 aromatic carbocycles. The van der Waals surface area contributed by atoms with Crippen molar-refractivity contribution in [3.8, 4) is 0 Å². The number of hydrogen-bond donors (Lipinski definition) is 2. The molecule has 0 aliphatic carbocycles. The molecule has 0 aliphatic heterocycles. The number of aromatic nitrogens is 1. The summed E-state index contributed by atoms with van der Waals surface area (Å²) >= 11 is 0. The SMILES string of the molecule is CC(=O)Nc1ccc(S(=O)(=O)NCc2cocn2)cc1. The fourth-order valence-electron chi connectivity index (χ4n) is 1.50. The minimum absolute atomic E-state index is 0.0479. The molecular formula is C12H13N3O4S. The standard InChI is InChI=1S/C12H13N3O4S/c1-9(16)15-10-2-4-12(5-3-10)20(17,18)14-6-11-7-19-8-13-11/h2-5,7-8,14H,6H2,1H3,(H,15,16). The molecule has 106 valence electrons. The number of carbonyl (C=O) groups excluding carboxylic acids is 1. The summed E-state index contributed by atoms with van der Waals surface area (Å²) in [6.07, 6.45) is 2.59. The van der Waals surface area contributed by atoms with Crippen LogP contribution in [0.25, 0.3) is 0 Å². The molecule has 1 heterocycles. The van der Waals surface area contributed by atoms with Crippen LogP contribution in [0.4, 0.5) is 5.69 Å². The van der Waals surface area contributed by atoms with E-state index in [-0.39, 0.29) is 17.3 Å². The van der Waals surface area contributed by atoms with E-state index in [0.717, 1.165) is 0 Å². The van der Waals surface area contributed by atoms with E-state index in [2.05, 4.69) is 15.0 Å². The van der Waals surface area contributed by atoms with Gasteiger partial charge in [-0.05, 0) is 24.3 Å². The Kier molecular flexibility index (Phi) is 4.16. The van der Waals surface area contributed by atoms with Crippen LogP contribution >= 0.6 is 0 Å². The number of rotatable bonds is 5. The van der Waals surface area contributed by atoms with E-state index in [1.165, 1.54) is 43.8 Å². The molecule has 2 N–H and O–H groups in total. The zero-order valence-electron chi connectivity index (χ0n) is 10.7. The molecule has 0 atom stereocenters. The molecular weight excluding hydrogens is 282 g/mol. The van der Waals surface area contributed by atoms with Crippen molar-refractivity contribution in [2.45, 2.75) is 18.4 Å². The largest absolute Gasteiger partial charge is 0.451 e. The van der Waals surface area contributed by atoms with Crippen LogP contribution in [0, 0.1) is 0 Å². The van der Waals surface area contributed by atoms with Gasteiger partial charge in [-0.25, -0.2) is 18.1 Å². The number of sulfonamides is 1. The highest BCUT2D eigenvalue weighted by Crippen LogP contribution is 2.14. The van der Waals surface area contributed by atoms with Crippen LogP contribution in [0.2, 0.25) is 0 Å². The fraction of sp³-hybridized carbons (Fsp3) is 0.167. The molecule has 0 spiro atoms. The predicted octanol–water partition coefficient (Wildman–Crippen LogP) is 1.11. The maximum atomic E-state index is 12.0. The lowest BCUT2D eigenvalue weighted by Gasteiger charge is -2.06. The Labute approximate surface area is 116 Å². The summed E-state index contributed by atoms with van der Waals surface area (Å²) in [5, 5.41) is 2.56. The molecule has 0 unspecified atom stereocenters. The second-order valence-electron chi connectivity index (χ2n) is 4.01. The van der Waals surface area contributed by atoms with Crippen LogP contribution in [0.1, 0.15) is 12.6 Å². The van der Waals surface area contributed by atoms with Crippen molar-refractivity contribution >= 4 is 21.6 Å².